The Morgan fingerprint density at radius 1 is 1.03 bits per heavy atom. The molecule has 0 aliphatic heterocycles. The van der Waals surface area contributed by atoms with E-state index in [0.717, 1.165) is 23.4 Å². The van der Waals surface area contributed by atoms with Gasteiger partial charge in [-0.3, -0.25) is 4.79 Å². The molecule has 1 heterocycles. The van der Waals surface area contributed by atoms with Crippen molar-refractivity contribution in [3.63, 3.8) is 0 Å². The number of nitrogens with zero attached hydrogens (tertiary/aromatic N) is 2. The van der Waals surface area contributed by atoms with Crippen LogP contribution < -0.4 is 14.8 Å². The molecule has 0 saturated heterocycles. The molecule has 3 aromatic rings. The van der Waals surface area contributed by atoms with Crippen LogP contribution in [0, 0.1) is 0 Å². The Morgan fingerprint density at radius 3 is 2.43 bits per heavy atom. The zero-order valence-corrected chi connectivity index (χ0v) is 15.9. The monoisotopic (exact) mass is 417 g/mol. The zero-order valence-electron chi connectivity index (χ0n) is 15.9. The van der Waals surface area contributed by atoms with E-state index < -0.39 is 17.6 Å². The molecule has 0 saturated carbocycles. The van der Waals surface area contributed by atoms with Gasteiger partial charge in [-0.2, -0.15) is 13.2 Å². The summed E-state index contributed by atoms with van der Waals surface area (Å²) < 4.78 is 48.7. The number of benzene rings is 2. The van der Waals surface area contributed by atoms with Crippen LogP contribution >= 0.6 is 0 Å². The van der Waals surface area contributed by atoms with Crippen molar-refractivity contribution >= 4 is 5.91 Å². The van der Waals surface area contributed by atoms with E-state index in [-0.39, 0.29) is 24.6 Å². The highest BCUT2D eigenvalue weighted by Crippen LogP contribution is 2.29. The van der Waals surface area contributed by atoms with Gasteiger partial charge in [0.2, 0.25) is 5.88 Å². The second kappa shape index (κ2) is 9.25. The number of methoxy groups -OCH3 is 1. The highest BCUT2D eigenvalue weighted by Gasteiger charge is 2.30. The second-order valence-corrected chi connectivity index (χ2v) is 6.17. The third-order valence-electron chi connectivity index (χ3n) is 4.12. The number of rotatable bonds is 7. The molecule has 0 atom stereocenters. The Hall–Kier alpha value is -3.62. The lowest BCUT2D eigenvalue weighted by molar-refractivity contribution is -0.137. The Kier molecular flexibility index (Phi) is 6.51. The number of carbonyl (C=O) groups is 1. The normalized spacial score (nSPS) is 11.1. The summed E-state index contributed by atoms with van der Waals surface area (Å²) in [5.74, 6) is 0.380. The van der Waals surface area contributed by atoms with Crippen molar-refractivity contribution in [2.45, 2.75) is 6.18 Å². The molecule has 6 nitrogen and oxygen atoms in total. The van der Waals surface area contributed by atoms with Crippen LogP contribution in [0.3, 0.4) is 0 Å². The van der Waals surface area contributed by atoms with E-state index in [0.29, 0.717) is 5.69 Å². The lowest BCUT2D eigenvalue weighted by Gasteiger charge is -2.10. The first kappa shape index (κ1) is 21.1. The zero-order chi connectivity index (χ0) is 21.6. The number of ether oxygens (including phenoxy) is 2. The van der Waals surface area contributed by atoms with Crippen molar-refractivity contribution in [1.29, 1.82) is 0 Å². The molecule has 30 heavy (non-hydrogen) atoms. The fraction of sp³-hybridized carbons (Fsp3) is 0.190. The predicted octanol–water partition coefficient (Wildman–Crippen LogP) is 3.98. The topological polar surface area (TPSA) is 73.3 Å². The second-order valence-electron chi connectivity index (χ2n) is 6.17. The Balaban J connectivity index is 1.49. The van der Waals surface area contributed by atoms with Gasteiger partial charge in [0, 0.05) is 17.2 Å². The van der Waals surface area contributed by atoms with Gasteiger partial charge in [0.25, 0.3) is 5.91 Å². The molecule has 156 valence electrons. The van der Waals surface area contributed by atoms with Crippen LogP contribution in [0.4, 0.5) is 13.2 Å². The number of alkyl halides is 3. The van der Waals surface area contributed by atoms with Gasteiger partial charge in [0.1, 0.15) is 12.4 Å². The van der Waals surface area contributed by atoms with E-state index in [4.69, 9.17) is 9.47 Å². The number of halogens is 3. The Morgan fingerprint density at radius 2 is 1.80 bits per heavy atom. The van der Waals surface area contributed by atoms with Crippen LogP contribution in [0.2, 0.25) is 0 Å². The van der Waals surface area contributed by atoms with Crippen molar-refractivity contribution in [1.82, 2.24) is 15.5 Å². The summed E-state index contributed by atoms with van der Waals surface area (Å²) >= 11 is 0. The molecule has 1 amide bonds. The van der Waals surface area contributed by atoms with E-state index in [2.05, 4.69) is 15.5 Å². The van der Waals surface area contributed by atoms with Crippen LogP contribution in [0.1, 0.15) is 15.9 Å². The molecule has 0 fully saturated rings. The van der Waals surface area contributed by atoms with Gasteiger partial charge in [-0.05, 0) is 48.5 Å². The van der Waals surface area contributed by atoms with Crippen LogP contribution in [-0.2, 0) is 6.18 Å². The van der Waals surface area contributed by atoms with Crippen molar-refractivity contribution in [2.75, 3.05) is 20.3 Å². The number of carbonyl (C=O) groups excluding carboxylic acids is 1. The number of aromatic nitrogens is 2. The Labute approximate surface area is 170 Å². The van der Waals surface area contributed by atoms with E-state index in [1.165, 1.54) is 12.1 Å². The van der Waals surface area contributed by atoms with Crippen molar-refractivity contribution in [3.8, 4) is 22.9 Å². The molecule has 0 spiro atoms. The summed E-state index contributed by atoms with van der Waals surface area (Å²) in [5.41, 5.74) is 0.568. The highest BCUT2D eigenvalue weighted by atomic mass is 19.4. The van der Waals surface area contributed by atoms with Crippen molar-refractivity contribution in [3.05, 3.63) is 71.8 Å². The standard InChI is InChI=1S/C21H18F3N3O3/c1-29-17-7-5-14(6-8-17)18-9-10-19(27-26-18)30-12-11-25-20(28)15-3-2-4-16(13-15)21(22,23)24/h2-10,13H,11-12H2,1H3,(H,25,28). The third-order valence-corrected chi connectivity index (χ3v) is 4.12. The fourth-order valence-electron chi connectivity index (χ4n) is 2.57. The quantitative estimate of drug-likeness (QED) is 0.589. The van der Waals surface area contributed by atoms with Gasteiger partial charge in [0.05, 0.1) is 24.9 Å². The summed E-state index contributed by atoms with van der Waals surface area (Å²) in [6.07, 6.45) is -4.50. The largest absolute Gasteiger partial charge is 0.497 e. The minimum Gasteiger partial charge on any atom is -0.497 e. The molecular weight excluding hydrogens is 399 g/mol. The minimum absolute atomic E-state index is 0.0755. The molecule has 0 bridgehead atoms. The molecule has 1 aromatic heterocycles. The first-order valence-corrected chi connectivity index (χ1v) is 8.93. The van der Waals surface area contributed by atoms with Crippen LogP contribution in [0.15, 0.2) is 60.7 Å². The molecule has 9 heteroatoms. The summed E-state index contributed by atoms with van der Waals surface area (Å²) in [6.45, 7) is 0.179. The van der Waals surface area contributed by atoms with Gasteiger partial charge in [-0.1, -0.05) is 6.07 Å². The molecule has 1 N–H and O–H groups in total. The van der Waals surface area contributed by atoms with Crippen LogP contribution in [-0.4, -0.2) is 36.4 Å². The fourth-order valence-corrected chi connectivity index (χ4v) is 2.57. The van der Waals surface area contributed by atoms with E-state index in [1.807, 2.05) is 24.3 Å². The van der Waals surface area contributed by atoms with Gasteiger partial charge < -0.3 is 14.8 Å². The molecule has 2 aromatic carbocycles. The molecule has 0 unspecified atom stereocenters. The molecule has 0 aliphatic rings. The summed E-state index contributed by atoms with van der Waals surface area (Å²) in [4.78, 5) is 12.0. The highest BCUT2D eigenvalue weighted by molar-refractivity contribution is 5.94. The minimum atomic E-state index is -4.50. The van der Waals surface area contributed by atoms with E-state index in [1.54, 1.807) is 19.2 Å². The van der Waals surface area contributed by atoms with Gasteiger partial charge >= 0.3 is 6.18 Å². The number of hydrogen-bond acceptors (Lipinski definition) is 5. The van der Waals surface area contributed by atoms with Crippen molar-refractivity contribution < 1.29 is 27.4 Å². The van der Waals surface area contributed by atoms with Gasteiger partial charge in [-0.25, -0.2) is 0 Å². The lowest BCUT2D eigenvalue weighted by Crippen LogP contribution is -2.28. The maximum Gasteiger partial charge on any atom is 0.416 e. The smallest absolute Gasteiger partial charge is 0.416 e. The molecule has 0 radical (unpaired) electrons. The average Bonchev–Trinajstić information content (AvgIpc) is 2.76. The van der Waals surface area contributed by atoms with Gasteiger partial charge in [0.15, 0.2) is 0 Å². The maximum atomic E-state index is 12.7. The third kappa shape index (κ3) is 5.47. The van der Waals surface area contributed by atoms with E-state index >= 15 is 0 Å². The number of amides is 1. The predicted molar refractivity (Wildman–Crippen MR) is 103 cm³/mol. The van der Waals surface area contributed by atoms with E-state index in [9.17, 15) is 18.0 Å². The average molecular weight is 417 g/mol. The van der Waals surface area contributed by atoms with Gasteiger partial charge in [-0.15, -0.1) is 10.2 Å². The molecule has 3 rings (SSSR count). The maximum absolute atomic E-state index is 12.7. The SMILES string of the molecule is COc1ccc(-c2ccc(OCCNC(=O)c3cccc(C(F)(F)F)c3)nn2)cc1. The summed E-state index contributed by atoms with van der Waals surface area (Å²) in [6, 6.07) is 14.9. The lowest BCUT2D eigenvalue weighted by atomic mass is 10.1. The van der Waals surface area contributed by atoms with Crippen LogP contribution in [0.5, 0.6) is 11.6 Å². The molecule has 0 aliphatic carbocycles. The number of nitrogens with one attached hydrogen (secondary N) is 1. The summed E-state index contributed by atoms with van der Waals surface area (Å²) in [5, 5.41) is 10.6. The Bertz CT molecular complexity index is 991. The van der Waals surface area contributed by atoms with Crippen molar-refractivity contribution in [2.24, 2.45) is 0 Å². The van der Waals surface area contributed by atoms with Crippen LogP contribution in [0.25, 0.3) is 11.3 Å². The summed E-state index contributed by atoms with van der Waals surface area (Å²) in [7, 11) is 1.59. The molecular formula is C21H18F3N3O3. The first-order valence-electron chi connectivity index (χ1n) is 8.93. The first-order chi connectivity index (χ1) is 14.4. The number of hydrogen-bond donors (Lipinski definition) is 1.